The maximum Gasteiger partial charge on any atom is 0.274 e. The first-order valence-corrected chi connectivity index (χ1v) is 10.2. The maximum absolute atomic E-state index is 12.6. The van der Waals surface area contributed by atoms with Crippen LogP contribution in [0.4, 0.5) is 5.82 Å². The number of aromatic nitrogens is 3. The normalized spacial score (nSPS) is 16.7. The summed E-state index contributed by atoms with van der Waals surface area (Å²) >= 11 is 0. The van der Waals surface area contributed by atoms with Crippen molar-refractivity contribution in [2.45, 2.75) is 12.6 Å². The number of likely N-dealkylation sites (N-methyl/N-ethyl adjacent to an activating group) is 1. The third-order valence-corrected chi connectivity index (χ3v) is 5.62. The van der Waals surface area contributed by atoms with Crippen molar-refractivity contribution < 1.29 is 15.0 Å². The minimum atomic E-state index is -0.525. The quantitative estimate of drug-likeness (QED) is 0.529. The highest BCUT2D eigenvalue weighted by molar-refractivity contribution is 6.00. The molecule has 0 aliphatic carbocycles. The predicted octanol–water partition coefficient (Wildman–Crippen LogP) is 0.645. The number of amides is 1. The van der Waals surface area contributed by atoms with E-state index in [4.69, 9.17) is 5.26 Å². The van der Waals surface area contributed by atoms with E-state index in [0.29, 0.717) is 23.1 Å². The molecule has 10 heteroatoms. The van der Waals surface area contributed by atoms with Crippen LogP contribution in [0.1, 0.15) is 21.7 Å². The molecule has 3 N–H and O–H groups in total. The molecule has 1 unspecified atom stereocenters. The predicted molar refractivity (Wildman–Crippen MR) is 117 cm³/mol. The van der Waals surface area contributed by atoms with Gasteiger partial charge in [0.05, 0.1) is 24.4 Å². The van der Waals surface area contributed by atoms with Crippen molar-refractivity contribution in [3.8, 4) is 11.8 Å². The molecular formula is C22H23N7O3. The Balaban J connectivity index is 1.50. The van der Waals surface area contributed by atoms with E-state index in [1.165, 1.54) is 12.4 Å². The second-order valence-corrected chi connectivity index (χ2v) is 7.67. The van der Waals surface area contributed by atoms with Crippen LogP contribution in [0, 0.1) is 11.3 Å². The largest absolute Gasteiger partial charge is 0.505 e. The van der Waals surface area contributed by atoms with E-state index in [1.54, 1.807) is 24.3 Å². The second-order valence-electron chi connectivity index (χ2n) is 7.67. The Bertz CT molecular complexity index is 1180. The van der Waals surface area contributed by atoms with Crippen LogP contribution in [0.5, 0.6) is 5.75 Å². The molecule has 1 amide bonds. The zero-order chi connectivity index (χ0) is 22.7. The number of aliphatic hydroxyl groups excluding tert-OH is 1. The fourth-order valence-corrected chi connectivity index (χ4v) is 3.63. The molecule has 1 atom stereocenters. The summed E-state index contributed by atoms with van der Waals surface area (Å²) in [7, 11) is 1.98. The molecule has 1 fully saturated rings. The van der Waals surface area contributed by atoms with Crippen molar-refractivity contribution in [1.29, 1.82) is 5.26 Å². The van der Waals surface area contributed by atoms with Crippen LogP contribution >= 0.6 is 0 Å². The number of nitrogens with one attached hydrogen (secondary N) is 1. The number of anilines is 1. The van der Waals surface area contributed by atoms with Gasteiger partial charge >= 0.3 is 0 Å². The van der Waals surface area contributed by atoms with Gasteiger partial charge in [-0.25, -0.2) is 15.0 Å². The standard InChI is InChI=1S/C22H23N7O3/c1-28-6-7-29(12-16(28)13-30)19-5-4-17-18(27-19)11-25-20(21(17)31)22(32)26-10-14-2-3-15(8-23)24-9-14/h2-5,9,11,16,30-31H,6-7,10,12-13H2,1H3,(H,26,32). The lowest BCUT2D eigenvalue weighted by atomic mass is 10.1. The van der Waals surface area contributed by atoms with E-state index < -0.39 is 5.91 Å². The van der Waals surface area contributed by atoms with Crippen LogP contribution in [0.2, 0.25) is 0 Å². The SMILES string of the molecule is CN1CCN(c2ccc3c(O)c(C(=O)NCc4ccc(C#N)nc4)ncc3n2)CC1CO. The lowest BCUT2D eigenvalue weighted by molar-refractivity contribution is 0.0943. The number of carbonyl (C=O) groups excluding carboxylic acids is 1. The Hall–Kier alpha value is -3.81. The van der Waals surface area contributed by atoms with Crippen LogP contribution in [0.25, 0.3) is 10.9 Å². The highest BCUT2D eigenvalue weighted by Gasteiger charge is 2.25. The van der Waals surface area contributed by atoms with Crippen molar-refractivity contribution >= 4 is 22.6 Å². The van der Waals surface area contributed by atoms with Crippen LogP contribution in [-0.2, 0) is 6.54 Å². The number of aliphatic hydroxyl groups is 1. The first-order valence-electron chi connectivity index (χ1n) is 10.2. The molecule has 0 bridgehead atoms. The van der Waals surface area contributed by atoms with E-state index in [9.17, 15) is 15.0 Å². The van der Waals surface area contributed by atoms with Crippen LogP contribution in [-0.4, -0.2) is 75.3 Å². The first-order chi connectivity index (χ1) is 15.5. The number of piperazine rings is 1. The topological polar surface area (TPSA) is 138 Å². The molecule has 1 saturated heterocycles. The molecule has 164 valence electrons. The fourth-order valence-electron chi connectivity index (χ4n) is 3.63. The van der Waals surface area contributed by atoms with Crippen molar-refractivity contribution in [3.05, 3.63) is 53.6 Å². The van der Waals surface area contributed by atoms with Gasteiger partial charge in [-0.15, -0.1) is 0 Å². The van der Waals surface area contributed by atoms with E-state index in [1.807, 2.05) is 13.1 Å². The third-order valence-electron chi connectivity index (χ3n) is 5.62. The van der Waals surface area contributed by atoms with Crippen molar-refractivity contribution in [1.82, 2.24) is 25.2 Å². The number of rotatable bonds is 5. The Morgan fingerprint density at radius 1 is 1.25 bits per heavy atom. The average Bonchev–Trinajstić information content (AvgIpc) is 2.83. The van der Waals surface area contributed by atoms with Gasteiger partial charge in [0.25, 0.3) is 5.91 Å². The molecule has 0 aromatic carbocycles. The maximum atomic E-state index is 12.6. The number of aromatic hydroxyl groups is 1. The van der Waals surface area contributed by atoms with Gasteiger partial charge in [0, 0.05) is 37.8 Å². The molecule has 4 heterocycles. The molecule has 0 radical (unpaired) electrons. The fraction of sp³-hybridized carbons (Fsp3) is 0.318. The van der Waals surface area contributed by atoms with Gasteiger partial charge in [-0.2, -0.15) is 5.26 Å². The smallest absolute Gasteiger partial charge is 0.274 e. The molecule has 3 aromatic heterocycles. The summed E-state index contributed by atoms with van der Waals surface area (Å²) in [5.41, 5.74) is 1.41. The highest BCUT2D eigenvalue weighted by Crippen LogP contribution is 2.28. The molecule has 3 aromatic rings. The van der Waals surface area contributed by atoms with Crippen LogP contribution in [0.3, 0.4) is 0 Å². The molecule has 1 aliphatic heterocycles. The molecule has 1 aliphatic rings. The van der Waals surface area contributed by atoms with Crippen LogP contribution in [0.15, 0.2) is 36.7 Å². The summed E-state index contributed by atoms with van der Waals surface area (Å²) in [6.07, 6.45) is 2.98. The number of nitriles is 1. The molecule has 4 rings (SSSR count). The lowest BCUT2D eigenvalue weighted by Gasteiger charge is -2.39. The Labute approximate surface area is 184 Å². The molecule has 32 heavy (non-hydrogen) atoms. The Morgan fingerprint density at radius 2 is 2.09 bits per heavy atom. The van der Waals surface area contributed by atoms with Crippen molar-refractivity contribution in [3.63, 3.8) is 0 Å². The Kier molecular flexibility index (Phi) is 6.11. The van der Waals surface area contributed by atoms with Gasteiger partial charge < -0.3 is 20.4 Å². The van der Waals surface area contributed by atoms with Gasteiger partial charge in [0.2, 0.25) is 0 Å². The van der Waals surface area contributed by atoms with Gasteiger partial charge in [-0.05, 0) is 30.8 Å². The summed E-state index contributed by atoms with van der Waals surface area (Å²) < 4.78 is 0. The molecule has 0 saturated carbocycles. The van der Waals surface area contributed by atoms with E-state index in [0.717, 1.165) is 24.5 Å². The van der Waals surface area contributed by atoms with Crippen molar-refractivity contribution in [2.75, 3.05) is 38.2 Å². The van der Waals surface area contributed by atoms with E-state index in [2.05, 4.69) is 30.1 Å². The first kappa shape index (κ1) is 21.4. The summed E-state index contributed by atoms with van der Waals surface area (Å²) in [6, 6.07) is 8.76. The number of pyridine rings is 3. The average molecular weight is 433 g/mol. The zero-order valence-electron chi connectivity index (χ0n) is 17.6. The summed E-state index contributed by atoms with van der Waals surface area (Å²) in [5, 5.41) is 32.1. The molecular weight excluding hydrogens is 410 g/mol. The summed E-state index contributed by atoms with van der Waals surface area (Å²) in [5.74, 6) is -0.0259. The number of nitrogens with zero attached hydrogens (tertiary/aromatic N) is 6. The van der Waals surface area contributed by atoms with Crippen molar-refractivity contribution in [2.24, 2.45) is 0 Å². The molecule has 0 spiro atoms. The Morgan fingerprint density at radius 3 is 2.81 bits per heavy atom. The number of hydrogen-bond acceptors (Lipinski definition) is 9. The number of fused-ring (bicyclic) bond motifs is 1. The minimum absolute atomic E-state index is 0.0325. The van der Waals surface area contributed by atoms with Gasteiger partial charge in [-0.1, -0.05) is 6.07 Å². The number of carbonyl (C=O) groups is 1. The zero-order valence-corrected chi connectivity index (χ0v) is 17.6. The highest BCUT2D eigenvalue weighted by atomic mass is 16.3. The van der Waals surface area contributed by atoms with E-state index >= 15 is 0 Å². The molecule has 10 nitrogen and oxygen atoms in total. The number of hydrogen-bond donors (Lipinski definition) is 3. The summed E-state index contributed by atoms with van der Waals surface area (Å²) in [6.45, 7) is 2.48. The van der Waals surface area contributed by atoms with Crippen LogP contribution < -0.4 is 10.2 Å². The third kappa shape index (κ3) is 4.30. The van der Waals surface area contributed by atoms with E-state index in [-0.39, 0.29) is 30.6 Å². The van der Waals surface area contributed by atoms with Gasteiger partial charge in [-0.3, -0.25) is 9.69 Å². The monoisotopic (exact) mass is 433 g/mol. The summed E-state index contributed by atoms with van der Waals surface area (Å²) in [4.78, 5) is 29.4. The van der Waals surface area contributed by atoms with Gasteiger partial charge in [0.15, 0.2) is 11.4 Å². The lowest BCUT2D eigenvalue weighted by Crippen LogP contribution is -2.53. The second kappa shape index (κ2) is 9.13. The minimum Gasteiger partial charge on any atom is -0.505 e. The van der Waals surface area contributed by atoms with Gasteiger partial charge in [0.1, 0.15) is 17.6 Å².